The average molecular weight is 143 g/mol. The van der Waals surface area contributed by atoms with Gasteiger partial charge in [-0.3, -0.25) is 0 Å². The molecule has 0 aliphatic rings. The van der Waals surface area contributed by atoms with E-state index in [0.717, 1.165) is 13.2 Å². The van der Waals surface area contributed by atoms with Crippen LogP contribution in [0, 0.1) is 5.92 Å². The standard InChI is InChI=1S/C9H19O/c1-4-10-8-6-5-7-9(2)3/h4-8H2,1-3H3. The Morgan fingerprint density at radius 3 is 2.40 bits per heavy atom. The Morgan fingerprint density at radius 2 is 1.90 bits per heavy atom. The summed E-state index contributed by atoms with van der Waals surface area (Å²) in [6.45, 7) is 8.19. The first-order valence-electron chi connectivity index (χ1n) is 4.14. The van der Waals surface area contributed by atoms with Crippen molar-refractivity contribution in [2.24, 2.45) is 0 Å². The molecule has 0 saturated heterocycles. The van der Waals surface area contributed by atoms with Gasteiger partial charge in [0.25, 0.3) is 0 Å². The Labute approximate surface area is 64.8 Å². The minimum Gasteiger partial charge on any atom is -0.382 e. The van der Waals surface area contributed by atoms with Gasteiger partial charge in [0.05, 0.1) is 0 Å². The van der Waals surface area contributed by atoms with Crippen molar-refractivity contribution in [3.63, 3.8) is 0 Å². The predicted octanol–water partition coefficient (Wildman–Crippen LogP) is 2.81. The molecule has 0 aromatic carbocycles. The lowest BCUT2D eigenvalue weighted by molar-refractivity contribution is 0.143. The van der Waals surface area contributed by atoms with Gasteiger partial charge in [-0.05, 0) is 25.7 Å². The van der Waals surface area contributed by atoms with Crippen molar-refractivity contribution >= 4 is 0 Å². The van der Waals surface area contributed by atoms with E-state index in [0.29, 0.717) is 0 Å². The SMILES string of the molecule is CCOCCCC[C](C)C. The van der Waals surface area contributed by atoms with E-state index in [1.54, 1.807) is 0 Å². The monoisotopic (exact) mass is 143 g/mol. The first-order chi connectivity index (χ1) is 4.77. The minimum absolute atomic E-state index is 0.856. The maximum Gasteiger partial charge on any atom is 0.0465 e. The van der Waals surface area contributed by atoms with E-state index < -0.39 is 0 Å². The fourth-order valence-electron chi connectivity index (χ4n) is 0.827. The third-order valence-electron chi connectivity index (χ3n) is 1.42. The molecule has 61 valence electrons. The van der Waals surface area contributed by atoms with Crippen molar-refractivity contribution in [1.82, 2.24) is 0 Å². The molecule has 0 aliphatic carbocycles. The molecule has 0 aromatic rings. The molecular formula is C9H19O. The van der Waals surface area contributed by atoms with Crippen LogP contribution >= 0.6 is 0 Å². The van der Waals surface area contributed by atoms with Crippen LogP contribution < -0.4 is 0 Å². The number of hydrogen-bond donors (Lipinski definition) is 0. The first kappa shape index (κ1) is 9.96. The van der Waals surface area contributed by atoms with Crippen LogP contribution in [0.1, 0.15) is 40.0 Å². The van der Waals surface area contributed by atoms with Gasteiger partial charge >= 0.3 is 0 Å². The third-order valence-corrected chi connectivity index (χ3v) is 1.42. The number of rotatable bonds is 6. The third kappa shape index (κ3) is 7.96. The topological polar surface area (TPSA) is 9.23 Å². The molecule has 0 rings (SSSR count). The maximum atomic E-state index is 5.21. The molecule has 0 bridgehead atoms. The van der Waals surface area contributed by atoms with E-state index in [4.69, 9.17) is 4.74 Å². The van der Waals surface area contributed by atoms with Crippen LogP contribution in [0.15, 0.2) is 0 Å². The van der Waals surface area contributed by atoms with Crippen LogP contribution in [0.5, 0.6) is 0 Å². The molecule has 1 heteroatoms. The summed E-state index contributed by atoms with van der Waals surface area (Å²) in [6.07, 6.45) is 3.74. The Hall–Kier alpha value is -0.0400. The van der Waals surface area contributed by atoms with Gasteiger partial charge in [0.2, 0.25) is 0 Å². The number of ether oxygens (including phenoxy) is 1. The fraction of sp³-hybridized carbons (Fsp3) is 0.889. The Kier molecular flexibility index (Phi) is 7.04. The summed E-state index contributed by atoms with van der Waals surface area (Å²) in [5, 5.41) is 0. The predicted molar refractivity (Wildman–Crippen MR) is 44.9 cm³/mol. The van der Waals surface area contributed by atoms with Gasteiger partial charge in [0.1, 0.15) is 0 Å². The van der Waals surface area contributed by atoms with Gasteiger partial charge in [-0.15, -0.1) is 0 Å². The molecular weight excluding hydrogens is 124 g/mol. The van der Waals surface area contributed by atoms with E-state index in [9.17, 15) is 0 Å². The molecule has 1 radical (unpaired) electrons. The summed E-state index contributed by atoms with van der Waals surface area (Å²) in [4.78, 5) is 0. The van der Waals surface area contributed by atoms with E-state index in [1.807, 2.05) is 6.92 Å². The van der Waals surface area contributed by atoms with Gasteiger partial charge in [0.15, 0.2) is 0 Å². The maximum absolute atomic E-state index is 5.21. The lowest BCUT2D eigenvalue weighted by atomic mass is 10.1. The molecule has 0 spiro atoms. The van der Waals surface area contributed by atoms with Crippen molar-refractivity contribution in [3.05, 3.63) is 5.92 Å². The molecule has 0 fully saturated rings. The second-order valence-electron chi connectivity index (χ2n) is 2.86. The van der Waals surface area contributed by atoms with Crippen molar-refractivity contribution in [3.8, 4) is 0 Å². The molecule has 0 aromatic heterocycles. The van der Waals surface area contributed by atoms with E-state index in [-0.39, 0.29) is 0 Å². The Morgan fingerprint density at radius 1 is 1.20 bits per heavy atom. The molecule has 0 heterocycles. The summed E-state index contributed by atoms with van der Waals surface area (Å²) in [5.74, 6) is 1.52. The summed E-state index contributed by atoms with van der Waals surface area (Å²) >= 11 is 0. The molecule has 0 atom stereocenters. The average Bonchev–Trinajstić information content (AvgIpc) is 1.87. The zero-order chi connectivity index (χ0) is 7.82. The molecule has 0 N–H and O–H groups in total. The van der Waals surface area contributed by atoms with Crippen molar-refractivity contribution < 1.29 is 4.74 Å². The Balaban J connectivity index is 2.77. The largest absolute Gasteiger partial charge is 0.382 e. The number of unbranched alkanes of at least 4 members (excludes halogenated alkanes) is 1. The van der Waals surface area contributed by atoms with Crippen LogP contribution in [0.4, 0.5) is 0 Å². The van der Waals surface area contributed by atoms with Crippen LogP contribution in [-0.2, 0) is 4.74 Å². The summed E-state index contributed by atoms with van der Waals surface area (Å²) < 4.78 is 5.21. The lowest BCUT2D eigenvalue weighted by Crippen LogP contribution is -1.94. The summed E-state index contributed by atoms with van der Waals surface area (Å²) in [5.41, 5.74) is 0. The molecule has 0 saturated carbocycles. The Bertz CT molecular complexity index is 59.7. The van der Waals surface area contributed by atoms with Crippen LogP contribution in [-0.4, -0.2) is 13.2 Å². The second kappa shape index (κ2) is 7.07. The van der Waals surface area contributed by atoms with Crippen LogP contribution in [0.3, 0.4) is 0 Å². The van der Waals surface area contributed by atoms with Crippen LogP contribution in [0.2, 0.25) is 0 Å². The van der Waals surface area contributed by atoms with Gasteiger partial charge in [0, 0.05) is 13.2 Å². The quantitative estimate of drug-likeness (QED) is 0.519. The molecule has 0 unspecified atom stereocenters. The summed E-state index contributed by atoms with van der Waals surface area (Å²) in [6, 6.07) is 0. The molecule has 0 amide bonds. The van der Waals surface area contributed by atoms with E-state index >= 15 is 0 Å². The molecule has 10 heavy (non-hydrogen) atoms. The lowest BCUT2D eigenvalue weighted by Gasteiger charge is -2.03. The fourth-order valence-corrected chi connectivity index (χ4v) is 0.827. The highest BCUT2D eigenvalue weighted by Crippen LogP contribution is 2.07. The second-order valence-corrected chi connectivity index (χ2v) is 2.86. The molecule has 1 nitrogen and oxygen atoms in total. The number of hydrogen-bond acceptors (Lipinski definition) is 1. The van der Waals surface area contributed by atoms with Gasteiger partial charge in [-0.25, -0.2) is 0 Å². The highest BCUT2D eigenvalue weighted by molar-refractivity contribution is 4.75. The van der Waals surface area contributed by atoms with E-state index in [1.165, 1.54) is 25.2 Å². The minimum atomic E-state index is 0.856. The normalized spacial score (nSPS) is 10.8. The highest BCUT2D eigenvalue weighted by atomic mass is 16.5. The van der Waals surface area contributed by atoms with Crippen LogP contribution in [0.25, 0.3) is 0 Å². The highest BCUT2D eigenvalue weighted by Gasteiger charge is 1.93. The van der Waals surface area contributed by atoms with E-state index in [2.05, 4.69) is 13.8 Å². The zero-order valence-electron chi connectivity index (χ0n) is 7.44. The van der Waals surface area contributed by atoms with Crippen molar-refractivity contribution in [2.75, 3.05) is 13.2 Å². The zero-order valence-corrected chi connectivity index (χ0v) is 7.44. The van der Waals surface area contributed by atoms with Gasteiger partial charge in [-0.1, -0.05) is 20.3 Å². The van der Waals surface area contributed by atoms with Gasteiger partial charge in [-0.2, -0.15) is 0 Å². The molecule has 0 aliphatic heterocycles. The first-order valence-corrected chi connectivity index (χ1v) is 4.14. The van der Waals surface area contributed by atoms with Crippen molar-refractivity contribution in [1.29, 1.82) is 0 Å². The summed E-state index contributed by atoms with van der Waals surface area (Å²) in [7, 11) is 0. The van der Waals surface area contributed by atoms with Gasteiger partial charge < -0.3 is 4.74 Å². The smallest absolute Gasteiger partial charge is 0.0465 e. The van der Waals surface area contributed by atoms with Crippen molar-refractivity contribution in [2.45, 2.75) is 40.0 Å².